The highest BCUT2D eigenvalue weighted by molar-refractivity contribution is 7.47. The molecular formula is C22H21ClN4O6P+. The molecule has 0 aliphatic carbocycles. The third-order valence-electron chi connectivity index (χ3n) is 4.75. The van der Waals surface area contributed by atoms with Crippen molar-refractivity contribution in [2.24, 2.45) is 0 Å². The summed E-state index contributed by atoms with van der Waals surface area (Å²) in [7, 11) is -3.06. The average molecular weight is 504 g/mol. The number of ether oxygens (including phenoxy) is 1. The molecule has 0 amide bonds. The number of aromatic nitrogens is 3. The van der Waals surface area contributed by atoms with E-state index in [9.17, 15) is 9.46 Å². The predicted molar refractivity (Wildman–Crippen MR) is 123 cm³/mol. The van der Waals surface area contributed by atoms with E-state index in [0.29, 0.717) is 40.2 Å². The Kier molecular flexibility index (Phi) is 7.26. The monoisotopic (exact) mass is 503 g/mol. The Hall–Kier alpha value is -3.27. The van der Waals surface area contributed by atoms with Crippen molar-refractivity contribution in [3.63, 3.8) is 0 Å². The number of phosphoric acid groups is 1. The van der Waals surface area contributed by atoms with E-state index in [1.165, 1.54) is 4.57 Å². The van der Waals surface area contributed by atoms with E-state index < -0.39 is 7.82 Å². The summed E-state index contributed by atoms with van der Waals surface area (Å²) in [5, 5.41) is 4.48. The summed E-state index contributed by atoms with van der Waals surface area (Å²) in [6.45, 7) is -0.276. The van der Waals surface area contributed by atoms with Gasteiger partial charge in [0.25, 0.3) is 5.82 Å². The Morgan fingerprint density at radius 3 is 2.71 bits per heavy atom. The molecule has 0 bridgehead atoms. The van der Waals surface area contributed by atoms with E-state index >= 15 is 0 Å². The van der Waals surface area contributed by atoms with Crippen molar-refractivity contribution in [1.29, 1.82) is 0 Å². The van der Waals surface area contributed by atoms with Gasteiger partial charge in [-0.25, -0.2) is 18.6 Å². The number of anilines is 1. The molecular weight excluding hydrogens is 483 g/mol. The Morgan fingerprint density at radius 2 is 1.97 bits per heavy atom. The molecule has 0 fully saturated rings. The zero-order valence-corrected chi connectivity index (χ0v) is 19.6. The third-order valence-corrected chi connectivity index (χ3v) is 5.86. The van der Waals surface area contributed by atoms with Crippen molar-refractivity contribution in [1.82, 2.24) is 10.1 Å². The van der Waals surface area contributed by atoms with Crippen LogP contribution < -0.4 is 15.0 Å². The van der Waals surface area contributed by atoms with Gasteiger partial charge in [0.1, 0.15) is 16.5 Å². The lowest BCUT2D eigenvalue weighted by Gasteiger charge is -2.09. The molecule has 4 aromatic rings. The van der Waals surface area contributed by atoms with Gasteiger partial charge >= 0.3 is 7.82 Å². The number of rotatable bonds is 9. The van der Waals surface area contributed by atoms with E-state index in [1.807, 2.05) is 24.3 Å². The van der Waals surface area contributed by atoms with Crippen LogP contribution in [0, 0.1) is 0 Å². The number of nitrogens with zero attached hydrogens (tertiary/aromatic N) is 3. The van der Waals surface area contributed by atoms with Gasteiger partial charge in [-0.05, 0) is 35.9 Å². The normalized spacial score (nSPS) is 12.9. The number of phosphoric ester groups is 1. The zero-order valence-electron chi connectivity index (χ0n) is 18.0. The maximum atomic E-state index is 11.5. The molecule has 3 aromatic heterocycles. The molecule has 4 rings (SSSR count). The number of halogens is 1. The van der Waals surface area contributed by atoms with Crippen molar-refractivity contribution in [2.45, 2.75) is 13.2 Å². The summed E-state index contributed by atoms with van der Waals surface area (Å²) < 4.78 is 33.5. The highest BCUT2D eigenvalue weighted by Crippen LogP contribution is 2.41. The minimum atomic E-state index is -4.14. The Morgan fingerprint density at radius 1 is 1.18 bits per heavy atom. The van der Waals surface area contributed by atoms with Gasteiger partial charge in [0, 0.05) is 25.7 Å². The minimum absolute atomic E-state index is 0.275. The van der Waals surface area contributed by atoms with Crippen LogP contribution >= 0.6 is 19.4 Å². The van der Waals surface area contributed by atoms with Gasteiger partial charge < -0.3 is 14.2 Å². The Bertz CT molecular complexity index is 1330. The predicted octanol–water partition coefficient (Wildman–Crippen LogP) is 4.36. The topological polar surface area (TPSA) is 134 Å². The van der Waals surface area contributed by atoms with Crippen LogP contribution in [0.5, 0.6) is 11.6 Å². The molecule has 0 radical (unpaired) electrons. The molecule has 0 saturated heterocycles. The summed E-state index contributed by atoms with van der Waals surface area (Å²) in [6.07, 6.45) is 2.13. The fourth-order valence-corrected chi connectivity index (χ4v) is 3.58. The van der Waals surface area contributed by atoms with Crippen molar-refractivity contribution >= 4 is 25.2 Å². The van der Waals surface area contributed by atoms with Gasteiger partial charge in [0.2, 0.25) is 12.6 Å². The molecule has 12 heteroatoms. The largest absolute Gasteiger partial charge is 0.475 e. The minimum Gasteiger partial charge on any atom is -0.439 e. The molecule has 0 aliphatic rings. The molecule has 1 unspecified atom stereocenters. The van der Waals surface area contributed by atoms with Crippen molar-refractivity contribution in [2.75, 3.05) is 12.8 Å². The first-order chi connectivity index (χ1) is 16.3. The summed E-state index contributed by atoms with van der Waals surface area (Å²) >= 11 is 5.88. The molecule has 1 aromatic carbocycles. The molecule has 10 nitrogen and oxygen atoms in total. The fourth-order valence-electron chi connectivity index (χ4n) is 3.05. The van der Waals surface area contributed by atoms with E-state index in [1.54, 1.807) is 42.6 Å². The van der Waals surface area contributed by atoms with Crippen LogP contribution in [0.4, 0.5) is 5.82 Å². The second-order valence-corrected chi connectivity index (χ2v) is 9.04. The van der Waals surface area contributed by atoms with E-state index in [4.69, 9.17) is 31.1 Å². The quantitative estimate of drug-likeness (QED) is 0.194. The van der Waals surface area contributed by atoms with E-state index in [2.05, 4.69) is 14.7 Å². The lowest BCUT2D eigenvalue weighted by atomic mass is 10.1. The van der Waals surface area contributed by atoms with E-state index in [0.717, 1.165) is 12.7 Å². The standard InChI is InChI=1S/C22H20ClN4O6P/c1-30-34(28,29)31-14-27-11-3-4-18(22(27)24)19-13-16(26-33-19)12-15-7-9-17(10-8-15)32-21-6-2-5-20(23)25-21/h2-11,13,24H,12,14H2,1H3,(H,28,29)/p+1. The SMILES string of the molecule is COP(=O)(O)OC[n+]1cccc(-c2cc(Cc3ccc(Oc4cccc(Cl)n4)cc3)no2)c1N. The average Bonchev–Trinajstić information content (AvgIpc) is 3.28. The molecule has 3 N–H and O–H groups in total. The fraction of sp³-hybridized carbons (Fsp3) is 0.136. The lowest BCUT2D eigenvalue weighted by molar-refractivity contribution is -0.711. The first-order valence-electron chi connectivity index (χ1n) is 9.99. The number of pyridine rings is 2. The maximum Gasteiger partial charge on any atom is 0.475 e. The Labute approximate surface area is 200 Å². The third kappa shape index (κ3) is 5.99. The van der Waals surface area contributed by atoms with Crippen molar-refractivity contribution in [3.05, 3.63) is 83.3 Å². The molecule has 0 aliphatic heterocycles. The van der Waals surface area contributed by atoms with Crippen LogP contribution in [0.3, 0.4) is 0 Å². The van der Waals surface area contributed by atoms with Gasteiger partial charge in [-0.15, -0.1) is 0 Å². The molecule has 1 atom stereocenters. The van der Waals surface area contributed by atoms with Crippen LogP contribution in [0.25, 0.3) is 11.3 Å². The molecule has 3 heterocycles. The number of hydrogen-bond donors (Lipinski definition) is 2. The first kappa shape index (κ1) is 23.9. The van der Waals surface area contributed by atoms with E-state index in [-0.39, 0.29) is 12.5 Å². The molecule has 0 saturated carbocycles. The van der Waals surface area contributed by atoms with Crippen LogP contribution in [0.2, 0.25) is 5.15 Å². The van der Waals surface area contributed by atoms with Crippen LogP contribution in [0.15, 0.2) is 71.4 Å². The lowest BCUT2D eigenvalue weighted by Crippen LogP contribution is -2.38. The van der Waals surface area contributed by atoms with Crippen molar-refractivity contribution < 1.29 is 32.3 Å². The van der Waals surface area contributed by atoms with Crippen LogP contribution in [0.1, 0.15) is 11.3 Å². The number of nitrogens with two attached hydrogens (primary N) is 1. The van der Waals surface area contributed by atoms with Gasteiger partial charge in [-0.3, -0.25) is 10.3 Å². The second-order valence-electron chi connectivity index (χ2n) is 7.09. The smallest absolute Gasteiger partial charge is 0.439 e. The number of nitrogen functional groups attached to an aromatic ring is 1. The van der Waals surface area contributed by atoms with Crippen LogP contribution in [-0.4, -0.2) is 22.1 Å². The van der Waals surface area contributed by atoms with Crippen LogP contribution in [-0.2, 0) is 26.8 Å². The van der Waals surface area contributed by atoms with Gasteiger partial charge in [0.05, 0.1) is 11.9 Å². The highest BCUT2D eigenvalue weighted by atomic mass is 35.5. The molecule has 0 spiro atoms. The molecule has 34 heavy (non-hydrogen) atoms. The van der Waals surface area contributed by atoms with Gasteiger partial charge in [-0.1, -0.05) is 35.0 Å². The number of hydrogen-bond acceptors (Lipinski definition) is 8. The van der Waals surface area contributed by atoms with Crippen molar-refractivity contribution in [3.8, 4) is 23.0 Å². The molecule has 176 valence electrons. The summed E-state index contributed by atoms with van der Waals surface area (Å²) in [5.74, 6) is 1.77. The summed E-state index contributed by atoms with van der Waals surface area (Å²) in [6, 6.07) is 17.9. The Balaban J connectivity index is 1.44. The first-order valence-corrected chi connectivity index (χ1v) is 11.9. The zero-order chi connectivity index (χ0) is 24.1. The summed E-state index contributed by atoms with van der Waals surface area (Å²) in [5.41, 5.74) is 8.45. The van der Waals surface area contributed by atoms with Gasteiger partial charge in [-0.2, -0.15) is 0 Å². The highest BCUT2D eigenvalue weighted by Gasteiger charge is 2.22. The second kappa shape index (κ2) is 10.3. The maximum absolute atomic E-state index is 11.5. The summed E-state index contributed by atoms with van der Waals surface area (Å²) in [4.78, 5) is 13.5. The number of benzene rings is 1. The van der Waals surface area contributed by atoms with Gasteiger partial charge in [0.15, 0.2) is 5.76 Å².